The summed E-state index contributed by atoms with van der Waals surface area (Å²) in [7, 11) is 0. The topological polar surface area (TPSA) is 95.5 Å². The molecule has 0 bridgehead atoms. The van der Waals surface area contributed by atoms with Gasteiger partial charge in [-0.25, -0.2) is 4.79 Å². The van der Waals surface area contributed by atoms with Crippen LogP contribution in [-0.4, -0.2) is 41.7 Å². The molecule has 1 unspecified atom stereocenters. The molecule has 3 N–H and O–H groups in total. The van der Waals surface area contributed by atoms with Crippen molar-refractivity contribution in [3.05, 3.63) is 65.2 Å². The van der Waals surface area contributed by atoms with Gasteiger partial charge in [0, 0.05) is 17.0 Å². The van der Waals surface area contributed by atoms with Crippen LogP contribution in [0.15, 0.2) is 53.4 Å². The number of nitrogens with one attached hydrogen (secondary N) is 2. The van der Waals surface area contributed by atoms with Crippen LogP contribution in [0.4, 0.5) is 0 Å². The van der Waals surface area contributed by atoms with Gasteiger partial charge in [0.2, 0.25) is 0 Å². The highest BCUT2D eigenvalue weighted by Gasteiger charge is 2.21. The number of benzene rings is 2. The molecule has 0 saturated heterocycles. The van der Waals surface area contributed by atoms with E-state index < -0.39 is 17.9 Å². The molecule has 2 aromatic carbocycles. The molecule has 2 aromatic rings. The Bertz CT molecular complexity index is 854. The molecular formula is C21H24N2O4S. The molecule has 2 rings (SSSR count). The Morgan fingerprint density at radius 1 is 1.00 bits per heavy atom. The van der Waals surface area contributed by atoms with Gasteiger partial charge in [0.15, 0.2) is 0 Å². The molecule has 0 heterocycles. The molecule has 2 amide bonds. The molecule has 1 atom stereocenters. The van der Waals surface area contributed by atoms with E-state index in [1.807, 2.05) is 24.5 Å². The summed E-state index contributed by atoms with van der Waals surface area (Å²) in [4.78, 5) is 37.0. The summed E-state index contributed by atoms with van der Waals surface area (Å²) >= 11 is 1.49. The molecule has 0 fully saturated rings. The molecule has 148 valence electrons. The largest absolute Gasteiger partial charge is 0.480 e. The van der Waals surface area contributed by atoms with Crippen LogP contribution in [0, 0.1) is 6.92 Å². The fourth-order valence-corrected chi connectivity index (χ4v) is 3.35. The predicted molar refractivity (Wildman–Crippen MR) is 110 cm³/mol. The highest BCUT2D eigenvalue weighted by Crippen LogP contribution is 2.19. The zero-order valence-corrected chi connectivity index (χ0v) is 16.7. The van der Waals surface area contributed by atoms with Crippen molar-refractivity contribution in [2.24, 2.45) is 0 Å². The van der Waals surface area contributed by atoms with Gasteiger partial charge in [-0.05, 0) is 49.8 Å². The van der Waals surface area contributed by atoms with Crippen LogP contribution in [0.1, 0.15) is 39.1 Å². The number of carbonyl (C=O) groups excluding carboxylic acids is 2. The molecule has 0 spiro atoms. The lowest BCUT2D eigenvalue weighted by Gasteiger charge is -2.16. The van der Waals surface area contributed by atoms with Gasteiger partial charge in [-0.3, -0.25) is 9.59 Å². The molecule has 0 aliphatic rings. The Labute approximate surface area is 168 Å². The van der Waals surface area contributed by atoms with Gasteiger partial charge < -0.3 is 15.7 Å². The first kappa shape index (κ1) is 21.5. The quantitative estimate of drug-likeness (QED) is 0.444. The van der Waals surface area contributed by atoms with E-state index in [2.05, 4.69) is 10.6 Å². The number of aryl methyl sites for hydroxylation is 1. The Hall–Kier alpha value is -2.80. The van der Waals surface area contributed by atoms with Gasteiger partial charge in [-0.1, -0.05) is 30.3 Å². The Morgan fingerprint density at radius 3 is 2.29 bits per heavy atom. The maximum absolute atomic E-state index is 12.3. The lowest BCUT2D eigenvalue weighted by Crippen LogP contribution is -2.41. The number of amides is 2. The molecule has 0 aliphatic heterocycles. The number of hydrogen-bond acceptors (Lipinski definition) is 4. The zero-order valence-electron chi connectivity index (χ0n) is 15.9. The maximum atomic E-state index is 12.3. The molecule has 28 heavy (non-hydrogen) atoms. The van der Waals surface area contributed by atoms with E-state index in [-0.39, 0.29) is 12.3 Å². The molecule has 6 nitrogen and oxygen atoms in total. The summed E-state index contributed by atoms with van der Waals surface area (Å²) in [6.07, 6.45) is 2.55. The summed E-state index contributed by atoms with van der Waals surface area (Å²) in [5.41, 5.74) is 1.83. The summed E-state index contributed by atoms with van der Waals surface area (Å²) in [5, 5.41) is 14.7. The predicted octanol–water partition coefficient (Wildman–Crippen LogP) is 3.11. The summed E-state index contributed by atoms with van der Waals surface area (Å²) < 4.78 is 0. The third kappa shape index (κ3) is 5.85. The minimum Gasteiger partial charge on any atom is -0.480 e. The number of carboxylic acid groups (broad SMARTS) is 1. The van der Waals surface area contributed by atoms with E-state index >= 15 is 0 Å². The van der Waals surface area contributed by atoms with Crippen LogP contribution in [0.25, 0.3) is 0 Å². The van der Waals surface area contributed by atoms with E-state index in [9.17, 15) is 19.5 Å². The third-order valence-corrected chi connectivity index (χ3v) is 5.10. The van der Waals surface area contributed by atoms with Crippen LogP contribution < -0.4 is 10.6 Å². The summed E-state index contributed by atoms with van der Waals surface area (Å²) in [6, 6.07) is 13.3. The van der Waals surface area contributed by atoms with Crippen molar-refractivity contribution >= 4 is 29.5 Å². The summed E-state index contributed by atoms with van der Waals surface area (Å²) in [6.45, 7) is 2.12. The Morgan fingerprint density at radius 2 is 1.64 bits per heavy atom. The summed E-state index contributed by atoms with van der Waals surface area (Å²) in [5.74, 6) is -1.70. The fourth-order valence-electron chi connectivity index (χ4n) is 2.76. The molecule has 0 aromatic heterocycles. The van der Waals surface area contributed by atoms with Gasteiger partial charge in [-0.15, -0.1) is 11.8 Å². The van der Waals surface area contributed by atoms with Crippen LogP contribution in [0.5, 0.6) is 0 Å². The van der Waals surface area contributed by atoms with E-state index in [0.29, 0.717) is 24.1 Å². The van der Waals surface area contributed by atoms with Crippen molar-refractivity contribution in [3.8, 4) is 0 Å². The van der Waals surface area contributed by atoms with Crippen molar-refractivity contribution in [1.29, 1.82) is 0 Å². The van der Waals surface area contributed by atoms with Crippen molar-refractivity contribution in [1.82, 2.24) is 10.6 Å². The Kier molecular flexibility index (Phi) is 8.07. The second-order valence-electron chi connectivity index (χ2n) is 6.28. The number of carbonyl (C=O) groups is 3. The van der Waals surface area contributed by atoms with Crippen LogP contribution in [-0.2, 0) is 4.79 Å². The van der Waals surface area contributed by atoms with E-state index in [4.69, 9.17) is 0 Å². The third-order valence-electron chi connectivity index (χ3n) is 4.30. The molecule has 7 heteroatoms. The number of aliphatic carboxylic acids is 1. The molecule has 0 saturated carbocycles. The maximum Gasteiger partial charge on any atom is 0.326 e. The van der Waals surface area contributed by atoms with Crippen molar-refractivity contribution in [3.63, 3.8) is 0 Å². The van der Waals surface area contributed by atoms with E-state index in [1.54, 1.807) is 37.3 Å². The van der Waals surface area contributed by atoms with E-state index in [0.717, 1.165) is 10.5 Å². The highest BCUT2D eigenvalue weighted by molar-refractivity contribution is 7.98. The minimum absolute atomic E-state index is 0.194. The monoisotopic (exact) mass is 400 g/mol. The SMILES string of the molecule is CSc1ccccc1C(=O)NCCCC(NC(=O)c1ccccc1C)C(=O)O. The second kappa shape index (κ2) is 10.5. The molecular weight excluding hydrogens is 376 g/mol. The van der Waals surface area contributed by atoms with E-state index in [1.165, 1.54) is 11.8 Å². The minimum atomic E-state index is -1.10. The first-order valence-corrected chi connectivity index (χ1v) is 10.2. The van der Waals surface area contributed by atoms with Gasteiger partial charge in [-0.2, -0.15) is 0 Å². The van der Waals surface area contributed by atoms with Crippen LogP contribution in [0.2, 0.25) is 0 Å². The van der Waals surface area contributed by atoms with Crippen LogP contribution in [0.3, 0.4) is 0 Å². The van der Waals surface area contributed by atoms with Gasteiger partial charge in [0.25, 0.3) is 11.8 Å². The van der Waals surface area contributed by atoms with Gasteiger partial charge in [0.05, 0.1) is 5.56 Å². The number of carboxylic acids is 1. The standard InChI is InChI=1S/C21H24N2O4S/c1-14-8-3-4-9-15(14)20(25)23-17(21(26)27)11-7-13-22-19(24)16-10-5-6-12-18(16)28-2/h3-6,8-10,12,17H,7,11,13H2,1-2H3,(H,22,24)(H,23,25)(H,26,27). The number of thioether (sulfide) groups is 1. The average Bonchev–Trinajstić information content (AvgIpc) is 2.70. The Balaban J connectivity index is 1.87. The zero-order chi connectivity index (χ0) is 20.5. The first-order chi connectivity index (χ1) is 13.4. The highest BCUT2D eigenvalue weighted by atomic mass is 32.2. The van der Waals surface area contributed by atoms with Crippen molar-refractivity contribution in [2.45, 2.75) is 30.7 Å². The average molecular weight is 401 g/mol. The molecule has 0 radical (unpaired) electrons. The normalized spacial score (nSPS) is 11.5. The van der Waals surface area contributed by atoms with Crippen LogP contribution >= 0.6 is 11.8 Å². The lowest BCUT2D eigenvalue weighted by atomic mass is 10.1. The van der Waals surface area contributed by atoms with Crippen molar-refractivity contribution in [2.75, 3.05) is 12.8 Å². The van der Waals surface area contributed by atoms with Gasteiger partial charge >= 0.3 is 5.97 Å². The molecule has 0 aliphatic carbocycles. The fraction of sp³-hybridized carbons (Fsp3) is 0.286. The van der Waals surface area contributed by atoms with Crippen molar-refractivity contribution < 1.29 is 19.5 Å². The number of hydrogen-bond donors (Lipinski definition) is 3. The second-order valence-corrected chi connectivity index (χ2v) is 7.13. The number of rotatable bonds is 9. The first-order valence-electron chi connectivity index (χ1n) is 8.94. The smallest absolute Gasteiger partial charge is 0.326 e. The van der Waals surface area contributed by atoms with Gasteiger partial charge in [0.1, 0.15) is 6.04 Å². The lowest BCUT2D eigenvalue weighted by molar-refractivity contribution is -0.139.